The van der Waals surface area contributed by atoms with Crippen LogP contribution in [0.15, 0.2) is 0 Å². The molecule has 3 amide bonds. The lowest BCUT2D eigenvalue weighted by molar-refractivity contribution is -0.144. The van der Waals surface area contributed by atoms with Crippen molar-refractivity contribution in [2.24, 2.45) is 17.8 Å². The number of amides is 3. The van der Waals surface area contributed by atoms with E-state index in [4.69, 9.17) is 0 Å². The predicted octanol–water partition coefficient (Wildman–Crippen LogP) is 1.03. The minimum Gasteiger partial charge on any atom is -0.480 e. The molecule has 0 aliphatic carbocycles. The van der Waals surface area contributed by atoms with Gasteiger partial charge in [-0.15, -0.1) is 0 Å². The largest absolute Gasteiger partial charge is 0.480 e. The van der Waals surface area contributed by atoms with Crippen LogP contribution in [-0.2, 0) is 19.2 Å². The number of aliphatic carboxylic acids is 1. The maximum Gasteiger partial charge on any atom is 0.326 e. The molecule has 5 N–H and O–H groups in total. The van der Waals surface area contributed by atoms with Gasteiger partial charge in [0.1, 0.15) is 18.1 Å². The third-order valence-corrected chi connectivity index (χ3v) is 6.19. The molecule has 6 unspecified atom stereocenters. The molecule has 0 spiro atoms. The van der Waals surface area contributed by atoms with Crippen molar-refractivity contribution in [1.29, 1.82) is 0 Å². The van der Waals surface area contributed by atoms with E-state index in [-0.39, 0.29) is 29.7 Å². The zero-order valence-corrected chi connectivity index (χ0v) is 19.7. The van der Waals surface area contributed by atoms with E-state index in [0.717, 1.165) is 19.4 Å². The molecule has 9 nitrogen and oxygen atoms in total. The zero-order valence-electron chi connectivity index (χ0n) is 19.7. The van der Waals surface area contributed by atoms with Crippen molar-refractivity contribution in [3.05, 3.63) is 0 Å². The molecule has 1 fully saturated rings. The number of rotatable bonds is 12. The maximum absolute atomic E-state index is 13.0. The highest BCUT2D eigenvalue weighted by molar-refractivity contribution is 5.94. The van der Waals surface area contributed by atoms with E-state index in [1.54, 1.807) is 6.92 Å². The molecule has 1 aliphatic rings. The Balaban J connectivity index is 2.94. The maximum atomic E-state index is 13.0. The first-order chi connectivity index (χ1) is 14.5. The first-order valence-electron chi connectivity index (χ1n) is 11.4. The van der Waals surface area contributed by atoms with Crippen molar-refractivity contribution < 1.29 is 24.3 Å². The average molecular weight is 441 g/mol. The van der Waals surface area contributed by atoms with Crippen LogP contribution in [0.1, 0.15) is 67.2 Å². The second kappa shape index (κ2) is 12.6. The van der Waals surface area contributed by atoms with Crippen LogP contribution in [0.3, 0.4) is 0 Å². The van der Waals surface area contributed by atoms with E-state index in [1.807, 2.05) is 34.6 Å². The van der Waals surface area contributed by atoms with Gasteiger partial charge in [0.2, 0.25) is 17.7 Å². The topological polar surface area (TPSA) is 137 Å². The molecular formula is C22H40N4O5. The SMILES string of the molecule is CCC(C)C(NC(=O)C(NC(=O)C(NC(=O)C1CCCN1)C(C)C)C(C)CC)C(=O)O. The van der Waals surface area contributed by atoms with Crippen molar-refractivity contribution >= 4 is 23.7 Å². The zero-order chi connectivity index (χ0) is 23.7. The molecule has 9 heteroatoms. The van der Waals surface area contributed by atoms with E-state index in [9.17, 15) is 24.3 Å². The van der Waals surface area contributed by atoms with Crippen LogP contribution in [0, 0.1) is 17.8 Å². The number of carboxylic acid groups (broad SMARTS) is 1. The Morgan fingerprint density at radius 1 is 0.871 bits per heavy atom. The second-order valence-electron chi connectivity index (χ2n) is 8.96. The fourth-order valence-corrected chi connectivity index (χ4v) is 3.57. The third-order valence-electron chi connectivity index (χ3n) is 6.19. The number of hydrogen-bond donors (Lipinski definition) is 5. The highest BCUT2D eigenvalue weighted by atomic mass is 16.4. The standard InChI is InChI=1S/C22H40N4O5/c1-7-13(5)17(21(29)26-18(22(30)31)14(6)8-2)25-20(28)16(12(3)4)24-19(27)15-10-9-11-23-15/h12-18,23H,7-11H2,1-6H3,(H,24,27)(H,25,28)(H,26,29)(H,30,31). The van der Waals surface area contributed by atoms with Crippen molar-refractivity contribution in [3.63, 3.8) is 0 Å². The van der Waals surface area contributed by atoms with Crippen molar-refractivity contribution in [2.75, 3.05) is 6.54 Å². The van der Waals surface area contributed by atoms with Crippen molar-refractivity contribution in [2.45, 2.75) is 91.4 Å². The number of nitrogens with one attached hydrogen (secondary N) is 4. The molecule has 0 radical (unpaired) electrons. The quantitative estimate of drug-likeness (QED) is 0.307. The Kier molecular flexibility index (Phi) is 11.0. The van der Waals surface area contributed by atoms with E-state index in [1.165, 1.54) is 0 Å². The van der Waals surface area contributed by atoms with E-state index in [0.29, 0.717) is 12.8 Å². The van der Waals surface area contributed by atoms with Crippen LogP contribution in [0.4, 0.5) is 0 Å². The number of hydrogen-bond acceptors (Lipinski definition) is 5. The Bertz CT molecular complexity index is 633. The van der Waals surface area contributed by atoms with Crippen LogP contribution in [-0.4, -0.2) is 59.5 Å². The normalized spacial score (nSPS) is 20.9. The van der Waals surface area contributed by atoms with Gasteiger partial charge in [0, 0.05) is 0 Å². The molecule has 1 saturated heterocycles. The molecule has 0 aromatic heterocycles. The van der Waals surface area contributed by atoms with Crippen LogP contribution in [0.25, 0.3) is 0 Å². The van der Waals surface area contributed by atoms with Gasteiger partial charge in [0.05, 0.1) is 6.04 Å². The highest BCUT2D eigenvalue weighted by Gasteiger charge is 2.35. The van der Waals surface area contributed by atoms with Gasteiger partial charge in [-0.25, -0.2) is 4.79 Å². The van der Waals surface area contributed by atoms with Crippen LogP contribution < -0.4 is 21.3 Å². The van der Waals surface area contributed by atoms with Crippen LogP contribution in [0.5, 0.6) is 0 Å². The summed E-state index contributed by atoms with van der Waals surface area (Å²) in [5, 5.41) is 20.8. The number of carbonyl (C=O) groups excluding carboxylic acids is 3. The monoisotopic (exact) mass is 440 g/mol. The van der Waals surface area contributed by atoms with Crippen molar-refractivity contribution in [3.8, 4) is 0 Å². The first kappa shape index (κ1) is 26.9. The van der Waals surface area contributed by atoms with Crippen LogP contribution >= 0.6 is 0 Å². The Labute approximate surface area is 185 Å². The summed E-state index contributed by atoms with van der Waals surface area (Å²) in [5.41, 5.74) is 0. The fraction of sp³-hybridized carbons (Fsp3) is 0.818. The second-order valence-corrected chi connectivity index (χ2v) is 8.96. The summed E-state index contributed by atoms with van der Waals surface area (Å²) in [6.07, 6.45) is 2.84. The summed E-state index contributed by atoms with van der Waals surface area (Å²) in [6.45, 7) is 11.8. The summed E-state index contributed by atoms with van der Waals surface area (Å²) in [6, 6.07) is -3.03. The van der Waals surface area contributed by atoms with Gasteiger partial charge in [0.25, 0.3) is 0 Å². The summed E-state index contributed by atoms with van der Waals surface area (Å²) >= 11 is 0. The minimum absolute atomic E-state index is 0.183. The van der Waals surface area contributed by atoms with E-state index >= 15 is 0 Å². The number of carboxylic acids is 1. The minimum atomic E-state index is -1.10. The lowest BCUT2D eigenvalue weighted by atomic mass is 9.94. The van der Waals surface area contributed by atoms with Gasteiger partial charge in [-0.3, -0.25) is 14.4 Å². The smallest absolute Gasteiger partial charge is 0.326 e. The number of carbonyl (C=O) groups is 4. The molecule has 0 aromatic rings. The molecular weight excluding hydrogens is 400 g/mol. The molecule has 1 rings (SSSR count). The van der Waals surface area contributed by atoms with Crippen molar-refractivity contribution in [1.82, 2.24) is 21.3 Å². The van der Waals surface area contributed by atoms with Gasteiger partial charge in [-0.1, -0.05) is 54.4 Å². The highest BCUT2D eigenvalue weighted by Crippen LogP contribution is 2.14. The van der Waals surface area contributed by atoms with Crippen LogP contribution in [0.2, 0.25) is 0 Å². The van der Waals surface area contributed by atoms with Gasteiger partial charge in [-0.2, -0.15) is 0 Å². The van der Waals surface area contributed by atoms with Gasteiger partial charge < -0.3 is 26.4 Å². The van der Waals surface area contributed by atoms with Gasteiger partial charge in [0.15, 0.2) is 0 Å². The lowest BCUT2D eigenvalue weighted by Gasteiger charge is -2.30. The predicted molar refractivity (Wildman–Crippen MR) is 118 cm³/mol. The molecule has 6 atom stereocenters. The molecule has 1 heterocycles. The van der Waals surface area contributed by atoms with E-state index < -0.39 is 35.9 Å². The molecule has 0 aromatic carbocycles. The average Bonchev–Trinajstić information content (AvgIpc) is 3.26. The third kappa shape index (κ3) is 7.79. The summed E-state index contributed by atoms with van der Waals surface area (Å²) < 4.78 is 0. The first-order valence-corrected chi connectivity index (χ1v) is 11.4. The van der Waals surface area contributed by atoms with Gasteiger partial charge in [-0.05, 0) is 37.1 Å². The molecule has 31 heavy (non-hydrogen) atoms. The summed E-state index contributed by atoms with van der Waals surface area (Å²) in [4.78, 5) is 50.1. The molecule has 0 saturated carbocycles. The molecule has 0 bridgehead atoms. The fourth-order valence-electron chi connectivity index (χ4n) is 3.57. The molecule has 1 aliphatic heterocycles. The molecule has 178 valence electrons. The van der Waals surface area contributed by atoms with Gasteiger partial charge >= 0.3 is 5.97 Å². The lowest BCUT2D eigenvalue weighted by Crippen LogP contribution is -2.60. The Morgan fingerprint density at radius 2 is 1.39 bits per heavy atom. The van der Waals surface area contributed by atoms with E-state index in [2.05, 4.69) is 21.3 Å². The Morgan fingerprint density at radius 3 is 1.84 bits per heavy atom. The summed E-state index contributed by atoms with van der Waals surface area (Å²) in [7, 11) is 0. The summed E-state index contributed by atoms with van der Waals surface area (Å²) in [5.74, 6) is -2.95. The Hall–Kier alpha value is -2.16.